The van der Waals surface area contributed by atoms with Crippen LogP contribution in [0.4, 0.5) is 0 Å². The average molecular weight is 599 g/mol. The first kappa shape index (κ1) is 24.2. The van der Waals surface area contributed by atoms with Gasteiger partial charge in [-0.3, -0.25) is 0 Å². The minimum absolute atomic E-state index is 0.477. The van der Waals surface area contributed by atoms with E-state index in [0.29, 0.717) is 18.8 Å². The van der Waals surface area contributed by atoms with Gasteiger partial charge in [-0.05, 0) is 53.6 Å². The lowest BCUT2D eigenvalue weighted by Crippen LogP contribution is -1.99. The predicted molar refractivity (Wildman–Crippen MR) is 132 cm³/mol. The minimum Gasteiger partial charge on any atom is -0.489 e. The van der Waals surface area contributed by atoms with E-state index < -0.39 is 0 Å². The van der Waals surface area contributed by atoms with Gasteiger partial charge in [-0.2, -0.15) is 5.26 Å². The smallest absolute Gasteiger partial charge is 0.119 e. The Labute approximate surface area is 191 Å². The van der Waals surface area contributed by atoms with Gasteiger partial charge in [0.25, 0.3) is 0 Å². The highest BCUT2D eigenvalue weighted by Crippen LogP contribution is 2.16. The molecule has 3 rings (SSSR count). The van der Waals surface area contributed by atoms with E-state index in [2.05, 4.69) is 49.4 Å². The summed E-state index contributed by atoms with van der Waals surface area (Å²) in [5.74, 6) is 1.61. The lowest BCUT2D eigenvalue weighted by molar-refractivity contribution is 0.300. The van der Waals surface area contributed by atoms with E-state index in [9.17, 15) is 0 Å². The molecule has 5 heteroatoms. The van der Waals surface area contributed by atoms with Crippen LogP contribution >= 0.6 is 37.2 Å². The number of hydrogen-bond donors (Lipinski definition) is 0. The van der Waals surface area contributed by atoms with Crippen LogP contribution in [0.15, 0.2) is 78.9 Å². The molecular weight excluding hydrogens is 576 g/mol. The zero-order valence-electron chi connectivity index (χ0n) is 15.9. The zero-order chi connectivity index (χ0) is 20.6. The van der Waals surface area contributed by atoms with Crippen molar-refractivity contribution in [3.8, 4) is 17.6 Å². The molecule has 28 heavy (non-hydrogen) atoms. The van der Waals surface area contributed by atoms with E-state index in [0.717, 1.165) is 22.6 Å². The highest BCUT2D eigenvalue weighted by atomic mass is 128. The summed E-state index contributed by atoms with van der Waals surface area (Å²) in [7, 11) is 0. The van der Waals surface area contributed by atoms with Crippen LogP contribution in [0.1, 0.15) is 30.5 Å². The molecule has 0 bridgehead atoms. The first-order valence-electron chi connectivity index (χ1n) is 8.86. The van der Waals surface area contributed by atoms with Gasteiger partial charge in [0.15, 0.2) is 0 Å². The number of hydrogen-bond acceptors (Lipinski definition) is 3. The molecule has 0 radical (unpaired) electrons. The van der Waals surface area contributed by atoms with Crippen molar-refractivity contribution in [2.24, 2.45) is 0 Å². The molecule has 0 unspecified atom stereocenters. The van der Waals surface area contributed by atoms with E-state index in [1.54, 1.807) is 24.3 Å². The maximum atomic E-state index is 8.80. The second kappa shape index (κ2) is 15.2. The Hall–Kier alpha value is -1.79. The first-order valence-corrected chi connectivity index (χ1v) is 15.1. The van der Waals surface area contributed by atoms with Gasteiger partial charge in [-0.1, -0.05) is 50.2 Å². The summed E-state index contributed by atoms with van der Waals surface area (Å²) in [5, 5.41) is 8.80. The van der Waals surface area contributed by atoms with Crippen molar-refractivity contribution in [1.82, 2.24) is 0 Å². The van der Waals surface area contributed by atoms with E-state index >= 15 is 0 Å². The molecule has 3 aromatic rings. The van der Waals surface area contributed by atoms with E-state index in [-0.39, 0.29) is 0 Å². The number of ether oxygens (including phenoxy) is 2. The zero-order valence-corrected chi connectivity index (χ0v) is 20.3. The number of benzene rings is 3. The monoisotopic (exact) mass is 599 g/mol. The van der Waals surface area contributed by atoms with Crippen LogP contribution in [0.5, 0.6) is 11.5 Å². The van der Waals surface area contributed by atoms with Gasteiger partial charge in [0.2, 0.25) is 0 Å². The van der Waals surface area contributed by atoms with Gasteiger partial charge in [0, 0.05) is 37.2 Å². The molecule has 0 saturated carbocycles. The Bertz CT molecular complexity index is 831. The number of para-hydroxylation sites is 1. The summed E-state index contributed by atoms with van der Waals surface area (Å²) in [6.45, 7) is 5.00. The Morgan fingerprint density at radius 1 is 0.714 bits per heavy atom. The fourth-order valence-electron chi connectivity index (χ4n) is 2.28. The Morgan fingerprint density at radius 3 is 1.71 bits per heavy atom. The Morgan fingerprint density at radius 2 is 1.21 bits per heavy atom. The van der Waals surface area contributed by atoms with E-state index in [1.165, 1.54) is 0 Å². The van der Waals surface area contributed by atoms with Gasteiger partial charge >= 0.3 is 0 Å². The lowest BCUT2D eigenvalue weighted by Gasteiger charge is -2.09. The molecule has 0 aromatic heterocycles. The molecule has 0 saturated heterocycles. The van der Waals surface area contributed by atoms with Crippen LogP contribution in [-0.2, 0) is 13.2 Å². The van der Waals surface area contributed by atoms with E-state index in [4.69, 9.17) is 14.7 Å². The molecular formula is C23H23I2NO2. The fourth-order valence-corrected chi connectivity index (χ4v) is 2.28. The van der Waals surface area contributed by atoms with Crippen molar-refractivity contribution in [3.63, 3.8) is 0 Å². The maximum Gasteiger partial charge on any atom is 0.119 e. The summed E-state index contributed by atoms with van der Waals surface area (Å²) in [4.78, 5) is 0. The number of rotatable bonds is 6. The second-order valence-electron chi connectivity index (χ2n) is 5.35. The highest BCUT2D eigenvalue weighted by molar-refractivity contribution is 15.0. The summed E-state index contributed by atoms with van der Waals surface area (Å²) < 4.78 is 11.5. The van der Waals surface area contributed by atoms with E-state index in [1.807, 2.05) is 62.4 Å². The third kappa shape index (κ3) is 8.93. The third-order valence-electron chi connectivity index (χ3n) is 3.53. The Kier molecular flexibility index (Phi) is 13.1. The van der Waals surface area contributed by atoms with Crippen LogP contribution in [-0.4, -0.2) is 0 Å². The summed E-state index contributed by atoms with van der Waals surface area (Å²) in [6.07, 6.45) is 0. The molecule has 0 fully saturated rings. The van der Waals surface area contributed by atoms with Gasteiger partial charge in [0.1, 0.15) is 24.7 Å². The standard InChI is InChI=1S/C21H17NO2.C2H6.I2/c22-14-17-9-11-21(12-10-17)24-16-19-6-4-5-18(13-19)15-23-20-7-2-1-3-8-20;2*1-2/h1-13H,15-16H2;1-2H3;. The summed E-state index contributed by atoms with van der Waals surface area (Å²) in [6, 6.07) is 27.1. The Balaban J connectivity index is 0.000000921. The molecule has 0 amide bonds. The molecule has 3 aromatic carbocycles. The van der Waals surface area contributed by atoms with Crippen molar-refractivity contribution in [2.45, 2.75) is 27.1 Å². The number of nitrogens with zero attached hydrogens (tertiary/aromatic N) is 1. The lowest BCUT2D eigenvalue weighted by atomic mass is 10.1. The van der Waals surface area contributed by atoms with Crippen molar-refractivity contribution in [1.29, 1.82) is 5.26 Å². The first-order chi connectivity index (χ1) is 13.8. The van der Waals surface area contributed by atoms with Crippen molar-refractivity contribution in [3.05, 3.63) is 95.6 Å². The summed E-state index contributed by atoms with van der Waals surface area (Å²) in [5.41, 5.74) is 2.80. The predicted octanol–water partition coefficient (Wildman–Crippen LogP) is 7.51. The van der Waals surface area contributed by atoms with Crippen LogP contribution in [0.2, 0.25) is 0 Å². The van der Waals surface area contributed by atoms with Crippen LogP contribution in [0, 0.1) is 11.3 Å². The third-order valence-corrected chi connectivity index (χ3v) is 3.53. The average Bonchev–Trinajstić information content (AvgIpc) is 2.80. The maximum absolute atomic E-state index is 8.80. The largest absolute Gasteiger partial charge is 0.489 e. The normalized spacial score (nSPS) is 8.96. The van der Waals surface area contributed by atoms with Gasteiger partial charge in [-0.25, -0.2) is 0 Å². The van der Waals surface area contributed by atoms with Crippen molar-refractivity contribution < 1.29 is 9.47 Å². The number of nitriles is 1. The van der Waals surface area contributed by atoms with Crippen LogP contribution in [0.3, 0.4) is 0 Å². The second-order valence-corrected chi connectivity index (χ2v) is 5.35. The molecule has 0 aliphatic carbocycles. The fraction of sp³-hybridized carbons (Fsp3) is 0.174. The molecule has 146 valence electrons. The molecule has 0 aliphatic rings. The van der Waals surface area contributed by atoms with Crippen molar-refractivity contribution >= 4 is 37.2 Å². The van der Waals surface area contributed by atoms with Crippen molar-refractivity contribution in [2.75, 3.05) is 0 Å². The highest BCUT2D eigenvalue weighted by Gasteiger charge is 2.00. The quantitative estimate of drug-likeness (QED) is 0.276. The van der Waals surface area contributed by atoms with Gasteiger partial charge in [-0.15, -0.1) is 0 Å². The topological polar surface area (TPSA) is 42.2 Å². The summed E-state index contributed by atoms with van der Waals surface area (Å²) >= 11 is 4.24. The number of halogens is 2. The van der Waals surface area contributed by atoms with Gasteiger partial charge < -0.3 is 9.47 Å². The molecule has 0 spiro atoms. The molecule has 0 atom stereocenters. The molecule has 0 heterocycles. The van der Waals surface area contributed by atoms with Crippen LogP contribution in [0.25, 0.3) is 0 Å². The SMILES string of the molecule is CC.II.N#Cc1ccc(OCc2cccc(COc3ccccc3)c2)cc1. The van der Waals surface area contributed by atoms with Gasteiger partial charge in [0.05, 0.1) is 11.6 Å². The minimum atomic E-state index is 0.477. The molecule has 0 aliphatic heterocycles. The molecule has 0 N–H and O–H groups in total. The van der Waals surface area contributed by atoms with Crippen LogP contribution < -0.4 is 9.47 Å². The molecule has 3 nitrogen and oxygen atoms in total.